The monoisotopic (exact) mass is 340 g/mol. The number of hydrogen-bond acceptors (Lipinski definition) is 3. The van der Waals surface area contributed by atoms with Gasteiger partial charge in [0.2, 0.25) is 5.56 Å². The number of aryl methyl sites for hydroxylation is 2. The molecule has 1 saturated heterocycles. The quantitative estimate of drug-likeness (QED) is 0.777. The van der Waals surface area contributed by atoms with E-state index in [-0.39, 0.29) is 23.1 Å². The Morgan fingerprint density at radius 1 is 1.24 bits per heavy atom. The van der Waals surface area contributed by atoms with Gasteiger partial charge in [0.25, 0.3) is 5.91 Å². The number of likely N-dealkylation sites (tertiary alicyclic amines) is 1. The zero-order valence-electron chi connectivity index (χ0n) is 13.9. The molecule has 0 unspecified atom stereocenters. The van der Waals surface area contributed by atoms with Crippen LogP contribution in [0.5, 0.6) is 0 Å². The summed E-state index contributed by atoms with van der Waals surface area (Å²) in [7, 11) is 0. The van der Waals surface area contributed by atoms with Crippen LogP contribution in [-0.2, 0) is 0 Å². The Morgan fingerprint density at radius 3 is 2.68 bits per heavy atom. The summed E-state index contributed by atoms with van der Waals surface area (Å²) < 4.78 is 15.5. The van der Waals surface area contributed by atoms with E-state index in [1.54, 1.807) is 4.90 Å². The molecule has 0 aliphatic carbocycles. The van der Waals surface area contributed by atoms with Gasteiger partial charge in [-0.25, -0.2) is 4.39 Å². The average Bonchev–Trinajstić information content (AvgIpc) is 2.84. The number of carbonyl (C=O) groups is 1. The van der Waals surface area contributed by atoms with Crippen LogP contribution in [-0.4, -0.2) is 38.7 Å². The normalized spacial score (nSPS) is 14.8. The van der Waals surface area contributed by atoms with E-state index in [2.05, 4.69) is 10.1 Å². The fourth-order valence-corrected chi connectivity index (χ4v) is 3.36. The molecule has 128 valence electrons. The maximum Gasteiger partial charge on any atom is 0.254 e. The average molecular weight is 340 g/mol. The fourth-order valence-electron chi connectivity index (χ4n) is 3.36. The Hall–Kier alpha value is -2.96. The van der Waals surface area contributed by atoms with Gasteiger partial charge in [-0.1, -0.05) is 0 Å². The number of hydrogen-bond donors (Lipinski definition) is 1. The van der Waals surface area contributed by atoms with Crippen molar-refractivity contribution in [2.45, 2.75) is 19.9 Å². The maximum absolute atomic E-state index is 13.6. The largest absolute Gasteiger partial charge is 0.334 e. The molecule has 0 bridgehead atoms. The van der Waals surface area contributed by atoms with Gasteiger partial charge in [-0.2, -0.15) is 5.10 Å². The predicted molar refractivity (Wildman–Crippen MR) is 91.2 cm³/mol. The van der Waals surface area contributed by atoms with E-state index in [1.807, 2.05) is 24.6 Å². The number of benzene rings is 1. The van der Waals surface area contributed by atoms with Gasteiger partial charge < -0.3 is 9.88 Å². The highest BCUT2D eigenvalue weighted by Gasteiger charge is 2.34. The molecule has 3 heterocycles. The van der Waals surface area contributed by atoms with Crippen LogP contribution >= 0.6 is 0 Å². The number of carbonyl (C=O) groups excluding carboxylic acids is 1. The minimum Gasteiger partial charge on any atom is -0.334 e. The zero-order valence-corrected chi connectivity index (χ0v) is 13.9. The molecule has 7 heteroatoms. The lowest BCUT2D eigenvalue weighted by Gasteiger charge is -2.39. The summed E-state index contributed by atoms with van der Waals surface area (Å²) in [5.74, 6) is -0.711. The molecule has 6 nitrogen and oxygen atoms in total. The maximum atomic E-state index is 13.6. The number of rotatable bonds is 2. The number of H-pyrrole nitrogens is 1. The number of halogens is 1. The number of aromatic amines is 1. The van der Waals surface area contributed by atoms with Gasteiger partial charge in [-0.05, 0) is 38.1 Å². The number of fused-ring (bicyclic) bond motifs is 1. The van der Waals surface area contributed by atoms with E-state index in [4.69, 9.17) is 0 Å². The molecule has 1 N–H and O–H groups in total. The number of nitrogens with one attached hydrogen (secondary N) is 1. The lowest BCUT2D eigenvalue weighted by molar-refractivity contribution is 0.0499. The van der Waals surface area contributed by atoms with Crippen LogP contribution in [0.15, 0.2) is 35.1 Å². The molecule has 1 aliphatic rings. The smallest absolute Gasteiger partial charge is 0.254 e. The van der Waals surface area contributed by atoms with Crippen LogP contribution in [0.3, 0.4) is 0 Å². The number of nitrogens with zero attached hydrogens (tertiary/aromatic N) is 3. The van der Waals surface area contributed by atoms with Crippen molar-refractivity contribution in [3.63, 3.8) is 0 Å². The highest BCUT2D eigenvalue weighted by Crippen LogP contribution is 2.26. The third kappa shape index (κ3) is 2.61. The molecule has 0 atom stereocenters. The van der Waals surface area contributed by atoms with Gasteiger partial charge in [0, 0.05) is 35.8 Å². The van der Waals surface area contributed by atoms with Crippen molar-refractivity contribution in [3.05, 3.63) is 63.5 Å². The first-order valence-corrected chi connectivity index (χ1v) is 8.07. The van der Waals surface area contributed by atoms with Gasteiger partial charge in [-0.3, -0.25) is 14.3 Å². The first-order chi connectivity index (χ1) is 11.9. The molecular formula is C18H17FN4O2. The lowest BCUT2D eigenvalue weighted by atomic mass is 10.0. The van der Waals surface area contributed by atoms with E-state index in [9.17, 15) is 14.0 Å². The van der Waals surface area contributed by atoms with Crippen LogP contribution in [0.25, 0.3) is 10.9 Å². The van der Waals surface area contributed by atoms with Crippen molar-refractivity contribution >= 4 is 16.8 Å². The van der Waals surface area contributed by atoms with Crippen molar-refractivity contribution in [2.75, 3.05) is 13.1 Å². The van der Waals surface area contributed by atoms with Crippen LogP contribution < -0.4 is 5.56 Å². The Labute approximate surface area is 142 Å². The van der Waals surface area contributed by atoms with Gasteiger partial charge in [-0.15, -0.1) is 0 Å². The van der Waals surface area contributed by atoms with E-state index in [0.717, 1.165) is 11.4 Å². The molecule has 0 radical (unpaired) electrons. The van der Waals surface area contributed by atoms with Crippen molar-refractivity contribution < 1.29 is 9.18 Å². The van der Waals surface area contributed by atoms with Gasteiger partial charge in [0.05, 0.1) is 17.3 Å². The second-order valence-electron chi connectivity index (χ2n) is 6.47. The summed E-state index contributed by atoms with van der Waals surface area (Å²) in [4.78, 5) is 28.9. The number of pyridine rings is 1. The van der Waals surface area contributed by atoms with Gasteiger partial charge in [0.1, 0.15) is 5.82 Å². The molecule has 4 rings (SSSR count). The third-order valence-electron chi connectivity index (χ3n) is 4.58. The Bertz CT molecular complexity index is 1050. The minimum absolute atomic E-state index is 0.127. The standard InChI is InChI=1S/C18H17FN4O2/c1-10-5-11(2)23(21-10)13-8-22(9-13)18(25)15-7-17(24)20-16-4-3-12(19)6-14(15)16/h3-7,13H,8-9H2,1-2H3,(H,20,24). The van der Waals surface area contributed by atoms with Gasteiger partial charge in [0.15, 0.2) is 0 Å². The minimum atomic E-state index is -0.447. The fraction of sp³-hybridized carbons (Fsp3) is 0.278. The molecule has 0 saturated carbocycles. The molecule has 2 aromatic heterocycles. The first kappa shape index (κ1) is 15.6. The molecule has 1 aromatic carbocycles. The van der Waals surface area contributed by atoms with Crippen LogP contribution in [0.4, 0.5) is 4.39 Å². The SMILES string of the molecule is Cc1cc(C)n(C2CN(C(=O)c3cc(=O)[nH]c4ccc(F)cc34)C2)n1. The number of aromatic nitrogens is 3. The molecular weight excluding hydrogens is 323 g/mol. The third-order valence-corrected chi connectivity index (χ3v) is 4.58. The highest BCUT2D eigenvalue weighted by atomic mass is 19.1. The summed E-state index contributed by atoms with van der Waals surface area (Å²) in [6.07, 6.45) is 0. The van der Waals surface area contributed by atoms with E-state index in [1.165, 1.54) is 24.3 Å². The summed E-state index contributed by atoms with van der Waals surface area (Å²) >= 11 is 0. The Morgan fingerprint density at radius 2 is 2.00 bits per heavy atom. The van der Waals surface area contributed by atoms with Crippen LogP contribution in [0.2, 0.25) is 0 Å². The summed E-state index contributed by atoms with van der Waals surface area (Å²) in [5.41, 5.74) is 2.30. The summed E-state index contributed by atoms with van der Waals surface area (Å²) in [6, 6.07) is 7.37. The molecule has 0 spiro atoms. The van der Waals surface area contributed by atoms with Crippen molar-refractivity contribution in [3.8, 4) is 0 Å². The van der Waals surface area contributed by atoms with E-state index < -0.39 is 5.82 Å². The Kier molecular flexibility index (Phi) is 3.45. The molecule has 25 heavy (non-hydrogen) atoms. The molecule has 1 aliphatic heterocycles. The first-order valence-electron chi connectivity index (χ1n) is 8.07. The second-order valence-corrected chi connectivity index (χ2v) is 6.47. The predicted octanol–water partition coefficient (Wildman–Crippen LogP) is 2.18. The second kappa shape index (κ2) is 5.54. The van der Waals surface area contributed by atoms with Gasteiger partial charge >= 0.3 is 0 Å². The van der Waals surface area contributed by atoms with Crippen molar-refractivity contribution in [2.24, 2.45) is 0 Å². The molecule has 1 amide bonds. The van der Waals surface area contributed by atoms with Crippen LogP contribution in [0, 0.1) is 19.7 Å². The van der Waals surface area contributed by atoms with Crippen molar-refractivity contribution in [1.29, 1.82) is 0 Å². The van der Waals surface area contributed by atoms with E-state index >= 15 is 0 Å². The van der Waals surface area contributed by atoms with Crippen LogP contribution in [0.1, 0.15) is 27.8 Å². The molecule has 1 fully saturated rings. The molecule has 3 aromatic rings. The van der Waals surface area contributed by atoms with Crippen molar-refractivity contribution in [1.82, 2.24) is 19.7 Å². The highest BCUT2D eigenvalue weighted by molar-refractivity contribution is 6.06. The Balaban J connectivity index is 1.63. The zero-order chi connectivity index (χ0) is 17.7. The lowest BCUT2D eigenvalue weighted by Crippen LogP contribution is -2.51. The van der Waals surface area contributed by atoms with E-state index in [0.29, 0.717) is 24.0 Å². The summed E-state index contributed by atoms with van der Waals surface area (Å²) in [6.45, 7) is 4.95. The topological polar surface area (TPSA) is 71.0 Å². The number of amides is 1. The summed E-state index contributed by atoms with van der Waals surface area (Å²) in [5, 5.41) is 4.86.